The maximum atomic E-state index is 11.8. The molecule has 0 aliphatic rings. The molecule has 2 aromatic rings. The Morgan fingerprint density at radius 2 is 1.83 bits per heavy atom. The zero-order chi connectivity index (χ0) is 18.0. The van der Waals surface area contributed by atoms with Crippen molar-refractivity contribution in [1.29, 1.82) is 0 Å². The Balaban J connectivity index is 2.14. The summed E-state index contributed by atoms with van der Waals surface area (Å²) < 4.78 is 16.9. The number of hydrogen-bond donors (Lipinski definition) is 1. The molecule has 5 heteroatoms. The third-order valence-corrected chi connectivity index (χ3v) is 3.33. The highest BCUT2D eigenvalue weighted by Crippen LogP contribution is 2.26. The molecular weight excluding hydrogens is 306 g/mol. The summed E-state index contributed by atoms with van der Waals surface area (Å²) in [5.74, 6) is 0.384. The summed E-state index contributed by atoms with van der Waals surface area (Å²) in [7, 11) is 0. The van der Waals surface area contributed by atoms with Crippen LogP contribution in [0.5, 0.6) is 5.75 Å². The van der Waals surface area contributed by atoms with Crippen LogP contribution in [0.25, 0.3) is 10.9 Å². The normalized spacial score (nSPS) is 12.4. The highest BCUT2D eigenvalue weighted by Gasteiger charge is 2.24. The molecule has 5 nitrogen and oxygen atoms in total. The SMILES string of the molecule is CCOC(=O)c1cc2cc(OC(C)(C)COC(C)(C)C)ccc2[nH]1. The van der Waals surface area contributed by atoms with Gasteiger partial charge in [0.25, 0.3) is 0 Å². The molecule has 1 N–H and O–H groups in total. The number of hydrogen-bond acceptors (Lipinski definition) is 4. The van der Waals surface area contributed by atoms with E-state index in [-0.39, 0.29) is 11.6 Å². The van der Waals surface area contributed by atoms with E-state index in [1.807, 2.05) is 52.8 Å². The average Bonchev–Trinajstić information content (AvgIpc) is 2.88. The minimum absolute atomic E-state index is 0.209. The Morgan fingerprint density at radius 3 is 2.46 bits per heavy atom. The summed E-state index contributed by atoms with van der Waals surface area (Å²) in [5.41, 5.74) is 0.648. The Morgan fingerprint density at radius 1 is 1.12 bits per heavy atom. The number of carbonyl (C=O) groups is 1. The van der Waals surface area contributed by atoms with Gasteiger partial charge in [-0.3, -0.25) is 0 Å². The molecule has 0 aliphatic carbocycles. The van der Waals surface area contributed by atoms with Gasteiger partial charge >= 0.3 is 5.97 Å². The van der Waals surface area contributed by atoms with Crippen LogP contribution in [-0.2, 0) is 9.47 Å². The molecule has 1 aromatic heterocycles. The first-order valence-corrected chi connectivity index (χ1v) is 8.22. The van der Waals surface area contributed by atoms with Crippen molar-refractivity contribution in [3.63, 3.8) is 0 Å². The van der Waals surface area contributed by atoms with Crippen molar-refractivity contribution in [2.45, 2.75) is 52.7 Å². The van der Waals surface area contributed by atoms with E-state index >= 15 is 0 Å². The fourth-order valence-electron chi connectivity index (χ4n) is 2.23. The number of nitrogens with one attached hydrogen (secondary N) is 1. The molecule has 0 fully saturated rings. The van der Waals surface area contributed by atoms with Crippen molar-refractivity contribution < 1.29 is 19.0 Å². The highest BCUT2D eigenvalue weighted by molar-refractivity contribution is 5.95. The van der Waals surface area contributed by atoms with Gasteiger partial charge in [0.05, 0.1) is 18.8 Å². The zero-order valence-corrected chi connectivity index (χ0v) is 15.4. The number of rotatable bonds is 6. The van der Waals surface area contributed by atoms with Crippen molar-refractivity contribution in [3.8, 4) is 5.75 Å². The van der Waals surface area contributed by atoms with Gasteiger partial charge in [-0.15, -0.1) is 0 Å². The first kappa shape index (κ1) is 18.3. The van der Waals surface area contributed by atoms with Gasteiger partial charge in [0.15, 0.2) is 0 Å². The highest BCUT2D eigenvalue weighted by atomic mass is 16.6. The van der Waals surface area contributed by atoms with Crippen LogP contribution in [0.1, 0.15) is 52.0 Å². The molecule has 0 atom stereocenters. The second-order valence-electron chi connectivity index (χ2n) is 7.42. The van der Waals surface area contributed by atoms with Gasteiger partial charge in [-0.1, -0.05) is 0 Å². The predicted molar refractivity (Wildman–Crippen MR) is 94.7 cm³/mol. The second kappa shape index (κ2) is 6.85. The number of H-pyrrole nitrogens is 1. The molecule has 132 valence electrons. The van der Waals surface area contributed by atoms with Crippen molar-refractivity contribution >= 4 is 16.9 Å². The van der Waals surface area contributed by atoms with Crippen LogP contribution >= 0.6 is 0 Å². The first-order chi connectivity index (χ1) is 11.1. The molecule has 0 radical (unpaired) electrons. The number of aromatic amines is 1. The van der Waals surface area contributed by atoms with Crippen LogP contribution in [-0.4, -0.2) is 35.4 Å². The summed E-state index contributed by atoms with van der Waals surface area (Å²) in [6.45, 7) is 12.7. The van der Waals surface area contributed by atoms with E-state index in [0.29, 0.717) is 18.9 Å². The molecule has 0 aliphatic heterocycles. The molecule has 1 aromatic carbocycles. The Hall–Kier alpha value is -2.01. The number of ether oxygens (including phenoxy) is 3. The fourth-order valence-corrected chi connectivity index (χ4v) is 2.23. The summed E-state index contributed by atoms with van der Waals surface area (Å²) in [5, 5.41) is 0.906. The molecule has 0 saturated carbocycles. The predicted octanol–water partition coefficient (Wildman–Crippen LogP) is 4.32. The minimum Gasteiger partial charge on any atom is -0.485 e. The van der Waals surface area contributed by atoms with E-state index in [4.69, 9.17) is 14.2 Å². The van der Waals surface area contributed by atoms with E-state index in [1.54, 1.807) is 13.0 Å². The number of carbonyl (C=O) groups excluding carboxylic acids is 1. The van der Waals surface area contributed by atoms with Crippen molar-refractivity contribution in [2.75, 3.05) is 13.2 Å². The molecule has 0 saturated heterocycles. The van der Waals surface area contributed by atoms with Crippen molar-refractivity contribution in [2.24, 2.45) is 0 Å². The second-order valence-corrected chi connectivity index (χ2v) is 7.42. The lowest BCUT2D eigenvalue weighted by molar-refractivity contribution is -0.0722. The molecule has 0 spiro atoms. The quantitative estimate of drug-likeness (QED) is 0.800. The molecule has 24 heavy (non-hydrogen) atoms. The van der Waals surface area contributed by atoms with Crippen molar-refractivity contribution in [3.05, 3.63) is 30.0 Å². The lowest BCUT2D eigenvalue weighted by Gasteiger charge is -2.30. The van der Waals surface area contributed by atoms with Crippen LogP contribution in [0.15, 0.2) is 24.3 Å². The number of aromatic nitrogens is 1. The van der Waals surface area contributed by atoms with Crippen molar-refractivity contribution in [1.82, 2.24) is 4.98 Å². The summed E-state index contributed by atoms with van der Waals surface area (Å²) in [6.07, 6.45) is 0. The number of benzene rings is 1. The van der Waals surface area contributed by atoms with E-state index in [2.05, 4.69) is 4.98 Å². The molecule has 1 heterocycles. The van der Waals surface area contributed by atoms with Crippen LogP contribution in [0, 0.1) is 0 Å². The standard InChI is InChI=1S/C19H27NO4/c1-7-22-17(21)16-11-13-10-14(8-9-15(13)20-16)24-19(5,6)12-23-18(2,3)4/h8-11,20H,7,12H2,1-6H3. The van der Waals surface area contributed by atoms with Gasteiger partial charge in [0.1, 0.15) is 17.0 Å². The van der Waals surface area contributed by atoms with Crippen LogP contribution in [0.4, 0.5) is 0 Å². The Bertz CT molecular complexity index is 710. The number of esters is 1. The molecular formula is C19H27NO4. The first-order valence-electron chi connectivity index (χ1n) is 8.22. The van der Waals surface area contributed by atoms with E-state index in [0.717, 1.165) is 16.7 Å². The monoisotopic (exact) mass is 333 g/mol. The summed E-state index contributed by atoms with van der Waals surface area (Å²) in [6, 6.07) is 7.47. The van der Waals surface area contributed by atoms with E-state index in [9.17, 15) is 4.79 Å². The molecule has 0 amide bonds. The van der Waals surface area contributed by atoms with Gasteiger partial charge in [-0.25, -0.2) is 4.79 Å². The number of fused-ring (bicyclic) bond motifs is 1. The molecule has 2 rings (SSSR count). The average molecular weight is 333 g/mol. The maximum absolute atomic E-state index is 11.8. The largest absolute Gasteiger partial charge is 0.485 e. The molecule has 0 bridgehead atoms. The fraction of sp³-hybridized carbons (Fsp3) is 0.526. The lowest BCUT2D eigenvalue weighted by Crippen LogP contribution is -2.37. The van der Waals surface area contributed by atoms with Gasteiger partial charge in [0, 0.05) is 10.9 Å². The lowest BCUT2D eigenvalue weighted by atomic mass is 10.1. The maximum Gasteiger partial charge on any atom is 0.354 e. The van der Waals surface area contributed by atoms with Gasteiger partial charge < -0.3 is 19.2 Å². The van der Waals surface area contributed by atoms with Crippen LogP contribution in [0.2, 0.25) is 0 Å². The topological polar surface area (TPSA) is 60.6 Å². The van der Waals surface area contributed by atoms with E-state index in [1.165, 1.54) is 0 Å². The zero-order valence-electron chi connectivity index (χ0n) is 15.4. The molecule has 0 unspecified atom stereocenters. The van der Waals surface area contributed by atoms with E-state index < -0.39 is 5.60 Å². The van der Waals surface area contributed by atoms with Crippen LogP contribution < -0.4 is 4.74 Å². The third-order valence-electron chi connectivity index (χ3n) is 3.33. The Kier molecular flexibility index (Phi) is 5.23. The summed E-state index contributed by atoms with van der Waals surface area (Å²) >= 11 is 0. The summed E-state index contributed by atoms with van der Waals surface area (Å²) in [4.78, 5) is 14.9. The smallest absolute Gasteiger partial charge is 0.354 e. The Labute approximate surface area is 143 Å². The third kappa shape index (κ3) is 4.99. The van der Waals surface area contributed by atoms with Gasteiger partial charge in [-0.05, 0) is 65.8 Å². The van der Waals surface area contributed by atoms with Gasteiger partial charge in [0.2, 0.25) is 0 Å². The van der Waals surface area contributed by atoms with Gasteiger partial charge in [-0.2, -0.15) is 0 Å². The van der Waals surface area contributed by atoms with Crippen LogP contribution in [0.3, 0.4) is 0 Å². The minimum atomic E-state index is -0.457.